The zero-order valence-corrected chi connectivity index (χ0v) is 19.2. The zero-order chi connectivity index (χ0) is 24.0. The average molecular weight is 465 g/mol. The second kappa shape index (κ2) is 11.1. The molecule has 0 spiro atoms. The molecule has 1 aliphatic rings. The largest absolute Gasteiger partial charge is 0.493 e. The Morgan fingerprint density at radius 3 is 2.03 bits per heavy atom. The zero-order valence-electron chi connectivity index (χ0n) is 19.2. The topological polar surface area (TPSA) is 66.5 Å². The average Bonchev–Trinajstić information content (AvgIpc) is 3.65. The van der Waals surface area contributed by atoms with E-state index in [1.807, 2.05) is 17.0 Å². The van der Waals surface area contributed by atoms with Gasteiger partial charge in [-0.3, -0.25) is 4.79 Å². The predicted molar refractivity (Wildman–Crippen MR) is 118 cm³/mol. The summed E-state index contributed by atoms with van der Waals surface area (Å²) in [6, 6.07) is 8.58. The maximum absolute atomic E-state index is 13.1. The number of benzene rings is 2. The van der Waals surface area contributed by atoms with E-state index in [1.54, 1.807) is 26.4 Å². The standard InChI is InChI=1S/C24H29F2NO6/c1-29-19-13-16(5-9-18(19)33-24(25)26)14-27(17-7-8-17)22(28)10-6-15-11-20(30-2)23(32-4)21(12-15)31-3/h5,9,11-13,17,24H,6-8,10,14H2,1-4H3. The number of methoxy groups -OCH3 is 4. The summed E-state index contributed by atoms with van der Waals surface area (Å²) >= 11 is 0. The molecule has 0 heterocycles. The van der Waals surface area contributed by atoms with E-state index in [0.29, 0.717) is 36.6 Å². The molecule has 3 rings (SSSR count). The summed E-state index contributed by atoms with van der Waals surface area (Å²) in [6.45, 7) is -2.58. The van der Waals surface area contributed by atoms with Gasteiger partial charge in [0, 0.05) is 19.0 Å². The Bertz CT molecular complexity index is 939. The van der Waals surface area contributed by atoms with Gasteiger partial charge in [0.15, 0.2) is 23.0 Å². The fraction of sp³-hybridized carbons (Fsp3) is 0.458. The van der Waals surface area contributed by atoms with Crippen molar-refractivity contribution in [1.29, 1.82) is 0 Å². The quantitative estimate of drug-likeness (QED) is 0.462. The van der Waals surface area contributed by atoms with Crippen LogP contribution in [0.5, 0.6) is 28.7 Å². The van der Waals surface area contributed by atoms with Gasteiger partial charge in [0.25, 0.3) is 0 Å². The molecule has 1 fully saturated rings. The van der Waals surface area contributed by atoms with Crippen LogP contribution in [0, 0.1) is 0 Å². The van der Waals surface area contributed by atoms with Crippen molar-refractivity contribution in [3.8, 4) is 28.7 Å². The molecule has 7 nitrogen and oxygen atoms in total. The monoisotopic (exact) mass is 465 g/mol. The number of hydrogen-bond acceptors (Lipinski definition) is 6. The Balaban J connectivity index is 1.71. The summed E-state index contributed by atoms with van der Waals surface area (Å²) in [5, 5.41) is 0. The van der Waals surface area contributed by atoms with E-state index in [9.17, 15) is 13.6 Å². The first-order chi connectivity index (χ1) is 15.9. The van der Waals surface area contributed by atoms with Crippen molar-refractivity contribution in [2.45, 2.75) is 44.9 Å². The fourth-order valence-corrected chi connectivity index (χ4v) is 3.68. The van der Waals surface area contributed by atoms with Gasteiger partial charge in [-0.15, -0.1) is 0 Å². The molecular weight excluding hydrogens is 436 g/mol. The molecule has 0 unspecified atom stereocenters. The Kier molecular flexibility index (Phi) is 8.19. The van der Waals surface area contributed by atoms with Gasteiger partial charge in [-0.05, 0) is 54.7 Å². The van der Waals surface area contributed by atoms with Gasteiger partial charge in [0.2, 0.25) is 11.7 Å². The first-order valence-electron chi connectivity index (χ1n) is 10.6. The van der Waals surface area contributed by atoms with Gasteiger partial charge in [0.05, 0.1) is 28.4 Å². The van der Waals surface area contributed by atoms with E-state index in [0.717, 1.165) is 24.0 Å². The van der Waals surface area contributed by atoms with Crippen molar-refractivity contribution < 1.29 is 37.3 Å². The number of aryl methyl sites for hydroxylation is 1. The Labute approximate surface area is 192 Å². The molecule has 0 saturated heterocycles. The number of nitrogens with zero attached hydrogens (tertiary/aromatic N) is 1. The molecule has 1 aliphatic carbocycles. The van der Waals surface area contributed by atoms with Gasteiger partial charge >= 0.3 is 6.61 Å². The number of carbonyl (C=O) groups excluding carboxylic acids is 1. The van der Waals surface area contributed by atoms with Crippen LogP contribution in [0.2, 0.25) is 0 Å². The third kappa shape index (κ3) is 6.18. The SMILES string of the molecule is COc1cc(CN(C(=O)CCc2cc(OC)c(OC)c(OC)c2)C2CC2)ccc1OC(F)F. The van der Waals surface area contributed by atoms with E-state index in [1.165, 1.54) is 20.3 Å². The van der Waals surface area contributed by atoms with E-state index in [-0.39, 0.29) is 23.4 Å². The molecule has 0 atom stereocenters. The van der Waals surface area contributed by atoms with Crippen LogP contribution in [0.1, 0.15) is 30.4 Å². The molecule has 1 amide bonds. The highest BCUT2D eigenvalue weighted by Gasteiger charge is 2.32. The lowest BCUT2D eigenvalue weighted by molar-refractivity contribution is -0.132. The number of amides is 1. The van der Waals surface area contributed by atoms with Crippen LogP contribution in [0.25, 0.3) is 0 Å². The van der Waals surface area contributed by atoms with Crippen molar-refractivity contribution in [2.75, 3.05) is 28.4 Å². The fourth-order valence-electron chi connectivity index (χ4n) is 3.68. The molecule has 0 aromatic heterocycles. The van der Waals surface area contributed by atoms with Crippen LogP contribution in [-0.2, 0) is 17.8 Å². The van der Waals surface area contributed by atoms with Gasteiger partial charge in [-0.2, -0.15) is 8.78 Å². The van der Waals surface area contributed by atoms with Crippen LogP contribution >= 0.6 is 0 Å². The van der Waals surface area contributed by atoms with Gasteiger partial charge < -0.3 is 28.6 Å². The number of alkyl halides is 2. The minimum atomic E-state index is -2.94. The van der Waals surface area contributed by atoms with Crippen LogP contribution in [0.4, 0.5) is 8.78 Å². The maximum atomic E-state index is 13.1. The highest BCUT2D eigenvalue weighted by Crippen LogP contribution is 2.39. The van der Waals surface area contributed by atoms with Gasteiger partial charge in [-0.25, -0.2) is 0 Å². The molecule has 9 heteroatoms. The second-order valence-electron chi connectivity index (χ2n) is 7.65. The first kappa shape index (κ1) is 24.4. The van der Waals surface area contributed by atoms with E-state index < -0.39 is 6.61 Å². The number of halogens is 2. The molecule has 0 radical (unpaired) electrons. The smallest absolute Gasteiger partial charge is 0.387 e. The van der Waals surface area contributed by atoms with E-state index in [2.05, 4.69) is 4.74 Å². The predicted octanol–water partition coefficient (Wildman–Crippen LogP) is 4.45. The molecule has 2 aromatic carbocycles. The third-order valence-electron chi connectivity index (χ3n) is 5.46. The Hall–Kier alpha value is -3.23. The summed E-state index contributed by atoms with van der Waals surface area (Å²) in [6.07, 6.45) is 2.70. The number of carbonyl (C=O) groups is 1. The van der Waals surface area contributed by atoms with Crippen molar-refractivity contribution in [3.05, 3.63) is 41.5 Å². The van der Waals surface area contributed by atoms with Crippen LogP contribution in [-0.4, -0.2) is 51.9 Å². The highest BCUT2D eigenvalue weighted by atomic mass is 19.3. The lowest BCUT2D eigenvalue weighted by Gasteiger charge is -2.23. The number of ether oxygens (including phenoxy) is 5. The minimum absolute atomic E-state index is 0.0122. The summed E-state index contributed by atoms with van der Waals surface area (Å²) in [4.78, 5) is 14.9. The summed E-state index contributed by atoms with van der Waals surface area (Å²) in [7, 11) is 6.02. The third-order valence-corrected chi connectivity index (χ3v) is 5.46. The lowest BCUT2D eigenvalue weighted by Crippen LogP contribution is -2.32. The lowest BCUT2D eigenvalue weighted by atomic mass is 10.1. The van der Waals surface area contributed by atoms with Crippen LogP contribution in [0.3, 0.4) is 0 Å². The van der Waals surface area contributed by atoms with Crippen LogP contribution in [0.15, 0.2) is 30.3 Å². The molecule has 180 valence electrons. The normalized spacial score (nSPS) is 12.9. The molecular formula is C24H29F2NO6. The van der Waals surface area contributed by atoms with Crippen molar-refractivity contribution in [1.82, 2.24) is 4.90 Å². The molecule has 33 heavy (non-hydrogen) atoms. The van der Waals surface area contributed by atoms with Crippen molar-refractivity contribution >= 4 is 5.91 Å². The van der Waals surface area contributed by atoms with Crippen molar-refractivity contribution in [2.24, 2.45) is 0 Å². The summed E-state index contributed by atoms with van der Waals surface area (Å²) in [5.74, 6) is 1.76. The van der Waals surface area contributed by atoms with Gasteiger partial charge in [-0.1, -0.05) is 6.07 Å². The number of hydrogen-bond donors (Lipinski definition) is 0. The molecule has 0 N–H and O–H groups in total. The maximum Gasteiger partial charge on any atom is 0.387 e. The first-order valence-corrected chi connectivity index (χ1v) is 10.6. The molecule has 1 saturated carbocycles. The second-order valence-corrected chi connectivity index (χ2v) is 7.65. The molecule has 2 aromatic rings. The Morgan fingerprint density at radius 1 is 0.909 bits per heavy atom. The van der Waals surface area contributed by atoms with E-state index >= 15 is 0 Å². The van der Waals surface area contributed by atoms with Gasteiger partial charge in [0.1, 0.15) is 0 Å². The molecule has 0 bridgehead atoms. The summed E-state index contributed by atoms with van der Waals surface area (Å²) in [5.41, 5.74) is 1.67. The Morgan fingerprint density at radius 2 is 1.52 bits per heavy atom. The minimum Gasteiger partial charge on any atom is -0.493 e. The van der Waals surface area contributed by atoms with Crippen LogP contribution < -0.4 is 23.7 Å². The molecule has 0 aliphatic heterocycles. The number of rotatable bonds is 12. The highest BCUT2D eigenvalue weighted by molar-refractivity contribution is 5.77. The summed E-state index contributed by atoms with van der Waals surface area (Å²) < 4.78 is 50.9. The van der Waals surface area contributed by atoms with E-state index in [4.69, 9.17) is 18.9 Å². The van der Waals surface area contributed by atoms with Crippen molar-refractivity contribution in [3.63, 3.8) is 0 Å².